The number of benzene rings is 4. The molecule has 6 rings (SSSR count). The van der Waals surface area contributed by atoms with Crippen molar-refractivity contribution in [1.82, 2.24) is 0 Å². The van der Waals surface area contributed by atoms with E-state index in [0.717, 1.165) is 43.2 Å². The van der Waals surface area contributed by atoms with Gasteiger partial charge in [-0.1, -0.05) is 117 Å². The Bertz CT molecular complexity index is 1390. The first kappa shape index (κ1) is 20.8. The number of ketones is 1. The van der Waals surface area contributed by atoms with Gasteiger partial charge >= 0.3 is 0 Å². The fraction of sp³-hybridized carbons (Fsp3) is 0.100. The average molecular weight is 556 g/mol. The van der Waals surface area contributed by atoms with Gasteiger partial charge in [-0.15, -0.1) is 0 Å². The number of allylic oxidation sites excluding steroid dienone is 2. The molecule has 1 fully saturated rings. The van der Waals surface area contributed by atoms with E-state index in [-0.39, 0.29) is 5.78 Å². The molecule has 0 heterocycles. The lowest BCUT2D eigenvalue weighted by atomic mass is 9.78. The van der Waals surface area contributed by atoms with E-state index in [2.05, 4.69) is 105 Å². The van der Waals surface area contributed by atoms with Gasteiger partial charge < -0.3 is 0 Å². The average Bonchev–Trinajstić information content (AvgIpc) is 3.51. The highest BCUT2D eigenvalue weighted by Crippen LogP contribution is 2.77. The predicted molar refractivity (Wildman–Crippen MR) is 141 cm³/mol. The van der Waals surface area contributed by atoms with E-state index in [1.165, 1.54) is 5.56 Å². The van der Waals surface area contributed by atoms with Gasteiger partial charge in [0, 0.05) is 19.9 Å². The molecule has 1 nitrogen and oxygen atoms in total. The largest absolute Gasteiger partial charge is 0.293 e. The van der Waals surface area contributed by atoms with Crippen LogP contribution >= 0.6 is 31.9 Å². The molecular formula is C30H20Br2O. The third kappa shape index (κ3) is 2.92. The van der Waals surface area contributed by atoms with Crippen molar-refractivity contribution in [1.29, 1.82) is 0 Å². The third-order valence-corrected chi connectivity index (χ3v) is 8.28. The van der Waals surface area contributed by atoms with Crippen molar-refractivity contribution in [3.63, 3.8) is 0 Å². The second kappa shape index (κ2) is 7.65. The molecule has 4 aromatic rings. The Labute approximate surface area is 210 Å². The third-order valence-electron chi connectivity index (χ3n) is 7.22. The Morgan fingerprint density at radius 3 is 1.67 bits per heavy atom. The quantitative estimate of drug-likeness (QED) is 0.249. The number of fused-ring (bicyclic) bond motifs is 1. The zero-order valence-corrected chi connectivity index (χ0v) is 20.9. The van der Waals surface area contributed by atoms with E-state index in [1.54, 1.807) is 0 Å². The molecule has 2 unspecified atom stereocenters. The summed E-state index contributed by atoms with van der Waals surface area (Å²) in [6.45, 7) is 0. The lowest BCUT2D eigenvalue weighted by Crippen LogP contribution is -2.25. The molecule has 0 aromatic heterocycles. The standard InChI is InChI=1S/C30H20Br2O/c31-24-15-11-21(12-16-24)27-26(20-7-3-1-4-8-20)28(33)30(22-9-5-2-6-10-22)19-29(27,30)23-13-17-25(32)18-14-23/h1-18H,19H2. The molecule has 0 N–H and O–H groups in total. The minimum absolute atomic E-state index is 0.223. The van der Waals surface area contributed by atoms with Crippen LogP contribution in [-0.2, 0) is 15.6 Å². The number of hydrogen-bond acceptors (Lipinski definition) is 1. The van der Waals surface area contributed by atoms with Crippen LogP contribution in [0.15, 0.2) is 118 Å². The van der Waals surface area contributed by atoms with E-state index in [9.17, 15) is 4.79 Å². The van der Waals surface area contributed by atoms with Crippen LogP contribution in [0.25, 0.3) is 11.1 Å². The van der Waals surface area contributed by atoms with Gasteiger partial charge in [-0.3, -0.25) is 4.79 Å². The Morgan fingerprint density at radius 1 is 0.545 bits per heavy atom. The normalized spacial score (nSPS) is 23.5. The summed E-state index contributed by atoms with van der Waals surface area (Å²) in [6, 6.07) is 37.4. The van der Waals surface area contributed by atoms with Crippen molar-refractivity contribution in [2.24, 2.45) is 0 Å². The molecule has 0 saturated heterocycles. The first-order valence-corrected chi connectivity index (χ1v) is 12.6. The van der Waals surface area contributed by atoms with Crippen molar-refractivity contribution in [2.75, 3.05) is 0 Å². The van der Waals surface area contributed by atoms with Crippen LogP contribution in [0.1, 0.15) is 28.7 Å². The Hall–Kier alpha value is -2.75. The molecule has 1 saturated carbocycles. The van der Waals surface area contributed by atoms with Crippen LogP contribution < -0.4 is 0 Å². The summed E-state index contributed by atoms with van der Waals surface area (Å²) in [4.78, 5) is 14.5. The maximum Gasteiger partial charge on any atom is 0.175 e. The number of carbonyl (C=O) groups is 1. The van der Waals surface area contributed by atoms with E-state index < -0.39 is 10.8 Å². The summed E-state index contributed by atoms with van der Waals surface area (Å²) in [5.41, 5.74) is 5.36. The van der Waals surface area contributed by atoms with Crippen LogP contribution in [0.4, 0.5) is 0 Å². The van der Waals surface area contributed by atoms with Crippen molar-refractivity contribution in [3.05, 3.63) is 140 Å². The number of hydrogen-bond donors (Lipinski definition) is 0. The van der Waals surface area contributed by atoms with E-state index in [0.29, 0.717) is 0 Å². The van der Waals surface area contributed by atoms with E-state index in [1.807, 2.05) is 36.4 Å². The van der Waals surface area contributed by atoms with Crippen molar-refractivity contribution >= 4 is 48.8 Å². The van der Waals surface area contributed by atoms with Gasteiger partial charge in [0.1, 0.15) is 0 Å². The lowest BCUT2D eigenvalue weighted by molar-refractivity contribution is -0.115. The van der Waals surface area contributed by atoms with Gasteiger partial charge in [-0.05, 0) is 58.5 Å². The smallest absolute Gasteiger partial charge is 0.175 e. The number of rotatable bonds is 4. The van der Waals surface area contributed by atoms with Crippen LogP contribution in [-0.4, -0.2) is 5.78 Å². The zero-order chi connectivity index (χ0) is 22.6. The highest BCUT2D eigenvalue weighted by atomic mass is 79.9. The molecule has 0 spiro atoms. The molecule has 0 radical (unpaired) electrons. The SMILES string of the molecule is O=C1C(c2ccccc2)=C(c2ccc(Br)cc2)C2(c3ccc(Br)cc3)CC12c1ccccc1. The van der Waals surface area contributed by atoms with Crippen LogP contribution in [0, 0.1) is 0 Å². The topological polar surface area (TPSA) is 17.1 Å². The number of halogens is 2. The molecule has 0 aliphatic heterocycles. The molecule has 160 valence electrons. The molecular weight excluding hydrogens is 536 g/mol. The van der Waals surface area contributed by atoms with Gasteiger partial charge in [-0.25, -0.2) is 0 Å². The van der Waals surface area contributed by atoms with Crippen molar-refractivity contribution < 1.29 is 4.79 Å². The molecule has 2 aliphatic carbocycles. The molecule has 3 heteroatoms. The minimum atomic E-state index is -0.588. The number of Topliss-reactive ketones (excluding diaryl/α,β-unsaturated/α-hetero) is 1. The minimum Gasteiger partial charge on any atom is -0.293 e. The highest BCUT2D eigenvalue weighted by Gasteiger charge is 2.79. The fourth-order valence-corrected chi connectivity index (χ4v) is 6.32. The van der Waals surface area contributed by atoms with Crippen molar-refractivity contribution in [2.45, 2.75) is 17.3 Å². The second-order valence-corrected chi connectivity index (χ2v) is 10.6. The first-order chi connectivity index (χ1) is 16.1. The zero-order valence-electron chi connectivity index (χ0n) is 17.8. The number of carbonyl (C=O) groups excluding carboxylic acids is 1. The van der Waals surface area contributed by atoms with Crippen LogP contribution in [0.3, 0.4) is 0 Å². The van der Waals surface area contributed by atoms with E-state index >= 15 is 0 Å². The van der Waals surface area contributed by atoms with Gasteiger partial charge in [0.25, 0.3) is 0 Å². The summed E-state index contributed by atoms with van der Waals surface area (Å²) in [5.74, 6) is 0.223. The van der Waals surface area contributed by atoms with Gasteiger partial charge in [0.15, 0.2) is 5.78 Å². The molecule has 2 atom stereocenters. The molecule has 2 aliphatic rings. The summed E-state index contributed by atoms with van der Waals surface area (Å²) in [6.07, 6.45) is 0.784. The summed E-state index contributed by atoms with van der Waals surface area (Å²) >= 11 is 7.16. The van der Waals surface area contributed by atoms with Crippen molar-refractivity contribution in [3.8, 4) is 0 Å². The summed E-state index contributed by atoms with van der Waals surface area (Å²) in [7, 11) is 0. The Balaban J connectivity index is 1.70. The van der Waals surface area contributed by atoms with Gasteiger partial charge in [0.2, 0.25) is 0 Å². The fourth-order valence-electron chi connectivity index (χ4n) is 5.79. The first-order valence-electron chi connectivity index (χ1n) is 11.0. The molecule has 0 amide bonds. The van der Waals surface area contributed by atoms with Gasteiger partial charge in [-0.2, -0.15) is 0 Å². The molecule has 33 heavy (non-hydrogen) atoms. The Morgan fingerprint density at radius 2 is 1.06 bits per heavy atom. The predicted octanol–water partition coefficient (Wildman–Crippen LogP) is 7.98. The lowest BCUT2D eigenvalue weighted by Gasteiger charge is -2.23. The summed E-state index contributed by atoms with van der Waals surface area (Å²) in [5, 5.41) is 0. The van der Waals surface area contributed by atoms with Crippen LogP contribution in [0.2, 0.25) is 0 Å². The molecule has 4 aromatic carbocycles. The Kier molecular flexibility index (Phi) is 4.83. The maximum absolute atomic E-state index is 14.5. The monoisotopic (exact) mass is 554 g/mol. The summed E-state index contributed by atoms with van der Waals surface area (Å²) < 4.78 is 2.07. The maximum atomic E-state index is 14.5. The van der Waals surface area contributed by atoms with Gasteiger partial charge in [0.05, 0.1) is 5.41 Å². The molecule has 0 bridgehead atoms. The highest BCUT2D eigenvalue weighted by molar-refractivity contribution is 9.10. The second-order valence-electron chi connectivity index (χ2n) is 8.81. The van der Waals surface area contributed by atoms with Crippen LogP contribution in [0.5, 0.6) is 0 Å². The van der Waals surface area contributed by atoms with E-state index in [4.69, 9.17) is 0 Å².